The molecule has 1 aliphatic carbocycles. The molecule has 6 heteroatoms. The number of likely N-dealkylation sites (tertiary alicyclic amines) is 1. The molecule has 0 radical (unpaired) electrons. The molecule has 108 valence electrons. The molecule has 2 aliphatic rings. The van der Waals surface area contributed by atoms with Gasteiger partial charge >= 0.3 is 0 Å². The largest absolute Gasteiger partial charge is 0.351 e. The van der Waals surface area contributed by atoms with Gasteiger partial charge in [0.2, 0.25) is 11.8 Å². The van der Waals surface area contributed by atoms with Crippen LogP contribution >= 0.6 is 0 Å². The molecule has 4 N–H and O–H groups in total. The van der Waals surface area contributed by atoms with Crippen molar-refractivity contribution >= 4 is 11.8 Å². The minimum atomic E-state index is -0.361. The van der Waals surface area contributed by atoms with E-state index in [4.69, 9.17) is 5.73 Å². The van der Waals surface area contributed by atoms with Gasteiger partial charge < -0.3 is 21.3 Å². The third-order valence-electron chi connectivity index (χ3n) is 4.29. The lowest BCUT2D eigenvalue weighted by Crippen LogP contribution is -2.57. The van der Waals surface area contributed by atoms with Crippen molar-refractivity contribution in [1.82, 2.24) is 15.5 Å². The molecule has 0 bridgehead atoms. The highest BCUT2D eigenvalue weighted by Crippen LogP contribution is 2.27. The van der Waals surface area contributed by atoms with E-state index < -0.39 is 0 Å². The summed E-state index contributed by atoms with van der Waals surface area (Å²) in [5, 5.41) is 6.25. The first kappa shape index (κ1) is 14.3. The van der Waals surface area contributed by atoms with Crippen LogP contribution in [0.15, 0.2) is 0 Å². The van der Waals surface area contributed by atoms with Gasteiger partial charge in [-0.1, -0.05) is 0 Å². The van der Waals surface area contributed by atoms with E-state index in [0.29, 0.717) is 12.6 Å². The number of nitrogens with zero attached hydrogens (tertiary/aromatic N) is 1. The van der Waals surface area contributed by atoms with Gasteiger partial charge in [0.25, 0.3) is 0 Å². The number of hydrogen-bond acceptors (Lipinski definition) is 4. The van der Waals surface area contributed by atoms with Crippen LogP contribution in [0.2, 0.25) is 0 Å². The van der Waals surface area contributed by atoms with Crippen molar-refractivity contribution in [2.24, 2.45) is 5.73 Å². The van der Waals surface area contributed by atoms with E-state index in [1.165, 1.54) is 6.92 Å². The first-order valence-corrected chi connectivity index (χ1v) is 7.03. The monoisotopic (exact) mass is 268 g/mol. The Labute approximate surface area is 114 Å². The summed E-state index contributed by atoms with van der Waals surface area (Å²) < 4.78 is 0. The summed E-state index contributed by atoms with van der Waals surface area (Å²) in [6, 6.07) is 0.159. The summed E-state index contributed by atoms with van der Waals surface area (Å²) in [5.74, 6) is -0.00837. The first-order valence-electron chi connectivity index (χ1n) is 7.03. The highest BCUT2D eigenvalue weighted by atomic mass is 16.2. The van der Waals surface area contributed by atoms with Gasteiger partial charge in [-0.05, 0) is 32.7 Å². The minimum absolute atomic E-state index is 0.0259. The highest BCUT2D eigenvalue weighted by molar-refractivity contribution is 5.84. The van der Waals surface area contributed by atoms with Crippen molar-refractivity contribution in [3.8, 4) is 0 Å². The van der Waals surface area contributed by atoms with E-state index in [0.717, 1.165) is 25.7 Å². The number of amides is 2. The van der Waals surface area contributed by atoms with E-state index in [9.17, 15) is 9.59 Å². The lowest BCUT2D eigenvalue weighted by atomic mass is 9.85. The third-order valence-corrected chi connectivity index (χ3v) is 4.29. The zero-order valence-corrected chi connectivity index (χ0v) is 11.7. The van der Waals surface area contributed by atoms with Crippen LogP contribution in [0, 0.1) is 0 Å². The van der Waals surface area contributed by atoms with Gasteiger partial charge in [-0.25, -0.2) is 0 Å². The van der Waals surface area contributed by atoms with Gasteiger partial charge in [0, 0.05) is 19.5 Å². The van der Waals surface area contributed by atoms with Crippen LogP contribution in [0.4, 0.5) is 0 Å². The predicted molar refractivity (Wildman–Crippen MR) is 72.4 cm³/mol. The fourth-order valence-corrected chi connectivity index (χ4v) is 3.26. The zero-order chi connectivity index (χ0) is 14.0. The standard InChI is InChI=1S/C13H24N4O2/c1-8(18)16-11-7-9(15-2)3-4-12(11)17-6-5-10(14)13(17)19/h9-12,15H,3-7,14H2,1-2H3,(H,16,18)/t9-,10?,11-,12+/m1/s1. The van der Waals surface area contributed by atoms with Crippen LogP contribution in [-0.4, -0.2) is 54.5 Å². The smallest absolute Gasteiger partial charge is 0.239 e. The normalized spacial score (nSPS) is 35.5. The van der Waals surface area contributed by atoms with Gasteiger partial charge in [0.15, 0.2) is 0 Å². The molecule has 1 heterocycles. The minimum Gasteiger partial charge on any atom is -0.351 e. The summed E-state index contributed by atoms with van der Waals surface area (Å²) in [4.78, 5) is 25.3. The molecular formula is C13H24N4O2. The number of nitrogens with one attached hydrogen (secondary N) is 2. The Balaban J connectivity index is 2.08. The average Bonchev–Trinajstić information content (AvgIpc) is 2.69. The summed E-state index contributed by atoms with van der Waals surface area (Å²) in [7, 11) is 1.94. The summed E-state index contributed by atoms with van der Waals surface area (Å²) in [6.07, 6.45) is 3.52. The highest BCUT2D eigenvalue weighted by Gasteiger charge is 2.40. The van der Waals surface area contributed by atoms with Gasteiger partial charge in [-0.15, -0.1) is 0 Å². The molecule has 4 atom stereocenters. The van der Waals surface area contributed by atoms with Crippen LogP contribution in [-0.2, 0) is 9.59 Å². The van der Waals surface area contributed by atoms with Crippen LogP contribution in [0.25, 0.3) is 0 Å². The third kappa shape index (κ3) is 3.06. The van der Waals surface area contributed by atoms with E-state index in [1.54, 1.807) is 0 Å². The molecule has 2 rings (SSSR count). The van der Waals surface area contributed by atoms with Gasteiger partial charge in [0.1, 0.15) is 0 Å². The fourth-order valence-electron chi connectivity index (χ4n) is 3.26. The lowest BCUT2D eigenvalue weighted by molar-refractivity contribution is -0.133. The van der Waals surface area contributed by atoms with Crippen molar-refractivity contribution in [2.75, 3.05) is 13.6 Å². The van der Waals surface area contributed by atoms with E-state index in [1.807, 2.05) is 11.9 Å². The van der Waals surface area contributed by atoms with Crippen molar-refractivity contribution < 1.29 is 9.59 Å². The van der Waals surface area contributed by atoms with Gasteiger partial charge in [-0.3, -0.25) is 9.59 Å². The van der Waals surface area contributed by atoms with Gasteiger partial charge in [-0.2, -0.15) is 0 Å². The van der Waals surface area contributed by atoms with Gasteiger partial charge in [0.05, 0.1) is 18.1 Å². The molecular weight excluding hydrogens is 244 g/mol. The Morgan fingerprint density at radius 2 is 2.11 bits per heavy atom. The molecule has 2 fully saturated rings. The predicted octanol–water partition coefficient (Wildman–Crippen LogP) is -0.809. The molecule has 1 saturated heterocycles. The first-order chi connectivity index (χ1) is 9.02. The second kappa shape index (κ2) is 5.88. The molecule has 1 aliphatic heterocycles. The van der Waals surface area contributed by atoms with E-state index in [2.05, 4.69) is 10.6 Å². The maximum absolute atomic E-state index is 12.1. The second-order valence-electron chi connectivity index (χ2n) is 5.60. The zero-order valence-electron chi connectivity index (χ0n) is 11.7. The summed E-state index contributed by atoms with van der Waals surface area (Å²) in [5.41, 5.74) is 5.78. The Bertz CT molecular complexity index is 361. The van der Waals surface area contributed by atoms with Crippen LogP contribution < -0.4 is 16.4 Å². The van der Waals surface area contributed by atoms with Crippen molar-refractivity contribution in [1.29, 1.82) is 0 Å². The van der Waals surface area contributed by atoms with Crippen molar-refractivity contribution in [2.45, 2.75) is 56.8 Å². The summed E-state index contributed by atoms with van der Waals surface area (Å²) >= 11 is 0. The Kier molecular flexibility index (Phi) is 4.42. The molecule has 2 amide bonds. The Morgan fingerprint density at radius 1 is 1.37 bits per heavy atom. The number of rotatable bonds is 3. The van der Waals surface area contributed by atoms with Crippen LogP contribution in [0.1, 0.15) is 32.6 Å². The molecule has 0 aromatic carbocycles. The Hall–Kier alpha value is -1.14. The van der Waals surface area contributed by atoms with Crippen LogP contribution in [0.3, 0.4) is 0 Å². The molecule has 1 unspecified atom stereocenters. The number of carbonyl (C=O) groups is 2. The molecule has 19 heavy (non-hydrogen) atoms. The molecule has 0 aromatic heterocycles. The molecule has 6 nitrogen and oxygen atoms in total. The topological polar surface area (TPSA) is 87.5 Å². The maximum Gasteiger partial charge on any atom is 0.239 e. The fraction of sp³-hybridized carbons (Fsp3) is 0.846. The average molecular weight is 268 g/mol. The summed E-state index contributed by atoms with van der Waals surface area (Å²) in [6.45, 7) is 2.24. The van der Waals surface area contributed by atoms with E-state index >= 15 is 0 Å². The second-order valence-corrected chi connectivity index (χ2v) is 5.60. The SMILES string of the molecule is CN[C@@H]1CC[C@H](N2CCC(N)C2=O)[C@H](NC(C)=O)C1. The van der Waals surface area contributed by atoms with E-state index in [-0.39, 0.29) is 29.9 Å². The number of nitrogens with two attached hydrogens (primary N) is 1. The van der Waals surface area contributed by atoms with Crippen molar-refractivity contribution in [3.63, 3.8) is 0 Å². The van der Waals surface area contributed by atoms with Crippen LogP contribution in [0.5, 0.6) is 0 Å². The number of carbonyl (C=O) groups excluding carboxylic acids is 2. The van der Waals surface area contributed by atoms with Crippen molar-refractivity contribution in [3.05, 3.63) is 0 Å². The number of hydrogen-bond donors (Lipinski definition) is 3. The lowest BCUT2D eigenvalue weighted by Gasteiger charge is -2.41. The molecule has 0 aromatic rings. The molecule has 1 saturated carbocycles. The maximum atomic E-state index is 12.1. The molecule has 0 spiro atoms. The quantitative estimate of drug-likeness (QED) is 0.625. The Morgan fingerprint density at radius 3 is 2.63 bits per heavy atom.